The van der Waals surface area contributed by atoms with E-state index in [1.54, 1.807) is 6.92 Å². The molecule has 0 bridgehead atoms. The maximum absolute atomic E-state index is 12.1. The third kappa shape index (κ3) is 3.41. The van der Waals surface area contributed by atoms with Crippen molar-refractivity contribution in [3.63, 3.8) is 0 Å². The van der Waals surface area contributed by atoms with Crippen LogP contribution in [-0.2, 0) is 4.74 Å². The number of imidazole rings is 1. The van der Waals surface area contributed by atoms with Crippen molar-refractivity contribution in [3.05, 3.63) is 54.7 Å². The average molecular weight is 381 g/mol. The van der Waals surface area contributed by atoms with Gasteiger partial charge in [0.25, 0.3) is 5.56 Å². The molecule has 27 heavy (non-hydrogen) atoms. The van der Waals surface area contributed by atoms with Gasteiger partial charge in [-0.15, -0.1) is 0 Å². The molecule has 2 aromatic rings. The Morgan fingerprint density at radius 1 is 1.41 bits per heavy atom. The zero-order valence-electron chi connectivity index (χ0n) is 14.6. The number of aromatic amines is 1. The fraction of sp³-hybridized carbons (Fsp3) is 0.533. The number of hydrogen-bond donors (Lipinski definition) is 3. The topological polar surface area (TPSA) is 166 Å². The molecule has 1 saturated heterocycles. The molecular weight excluding hydrogens is 362 g/mol. The van der Waals surface area contributed by atoms with Crippen LogP contribution in [0.1, 0.15) is 30.1 Å². The number of nitrogens with one attached hydrogen (secondary N) is 1. The molecule has 0 radical (unpaired) electrons. The van der Waals surface area contributed by atoms with Crippen LogP contribution in [0.3, 0.4) is 0 Å². The van der Waals surface area contributed by atoms with E-state index in [1.165, 1.54) is 28.5 Å². The Kier molecular flexibility index (Phi) is 4.95. The summed E-state index contributed by atoms with van der Waals surface area (Å²) in [6, 6.07) is -0.613. The second-order valence-electron chi connectivity index (χ2n) is 6.40. The van der Waals surface area contributed by atoms with Crippen LogP contribution >= 0.6 is 0 Å². The summed E-state index contributed by atoms with van der Waals surface area (Å²) < 4.78 is 8.46. The molecule has 12 heteroatoms. The monoisotopic (exact) mass is 381 g/mol. The number of rotatable bonds is 5. The number of aromatic nitrogens is 4. The lowest BCUT2D eigenvalue weighted by atomic mass is 10.0. The van der Waals surface area contributed by atoms with E-state index in [2.05, 4.69) is 9.97 Å². The van der Waals surface area contributed by atoms with E-state index in [1.807, 2.05) is 0 Å². The van der Waals surface area contributed by atoms with Crippen molar-refractivity contribution < 1.29 is 19.9 Å². The van der Waals surface area contributed by atoms with Crippen molar-refractivity contribution in [1.29, 1.82) is 0 Å². The molecule has 0 spiro atoms. The molecule has 3 rings (SSSR count). The molecule has 12 nitrogen and oxygen atoms in total. The third-order valence-corrected chi connectivity index (χ3v) is 4.61. The van der Waals surface area contributed by atoms with Gasteiger partial charge in [-0.05, 0) is 16.8 Å². The van der Waals surface area contributed by atoms with Gasteiger partial charge >= 0.3 is 11.5 Å². The molecule has 4 atom stereocenters. The normalized spacial score (nSPS) is 23.5. The Balaban J connectivity index is 2.01. The molecule has 1 aliphatic rings. The molecule has 2 aromatic heterocycles. The first kappa shape index (κ1) is 18.9. The van der Waals surface area contributed by atoms with Gasteiger partial charge in [-0.2, -0.15) is 0 Å². The van der Waals surface area contributed by atoms with Gasteiger partial charge in [0.05, 0.1) is 12.6 Å². The maximum atomic E-state index is 12.1. The van der Waals surface area contributed by atoms with Gasteiger partial charge in [-0.1, -0.05) is 0 Å². The molecule has 0 aromatic carbocycles. The minimum atomic E-state index is -1.28. The summed E-state index contributed by atoms with van der Waals surface area (Å²) in [6.45, 7) is 2.51. The molecule has 0 aliphatic carbocycles. The fourth-order valence-electron chi connectivity index (χ4n) is 3.26. The quantitative estimate of drug-likeness (QED) is 0.444. The third-order valence-electron chi connectivity index (χ3n) is 4.61. The Labute approximate surface area is 151 Å². The van der Waals surface area contributed by atoms with E-state index in [9.17, 15) is 29.9 Å². The van der Waals surface area contributed by atoms with Crippen LogP contribution < -0.4 is 11.2 Å². The van der Waals surface area contributed by atoms with E-state index in [-0.39, 0.29) is 12.2 Å². The Morgan fingerprint density at radius 2 is 2.11 bits per heavy atom. The molecule has 3 N–H and O–H groups in total. The van der Waals surface area contributed by atoms with E-state index in [4.69, 9.17) is 4.74 Å². The minimum Gasteiger partial charge on any atom is -0.394 e. The van der Waals surface area contributed by atoms with Crippen molar-refractivity contribution in [1.82, 2.24) is 19.1 Å². The number of H-pyrrole nitrogens is 1. The van der Waals surface area contributed by atoms with E-state index in [0.29, 0.717) is 11.4 Å². The number of ether oxygens (including phenoxy) is 1. The Morgan fingerprint density at radius 3 is 2.70 bits per heavy atom. The van der Waals surface area contributed by atoms with Crippen molar-refractivity contribution in [2.45, 2.75) is 44.7 Å². The summed E-state index contributed by atoms with van der Waals surface area (Å²) in [6.07, 6.45) is -0.317. The van der Waals surface area contributed by atoms with Gasteiger partial charge < -0.3 is 29.6 Å². The number of hydrogen-bond acceptors (Lipinski definition) is 8. The minimum absolute atomic E-state index is 0.168. The largest absolute Gasteiger partial charge is 0.394 e. The zero-order valence-corrected chi connectivity index (χ0v) is 14.6. The lowest BCUT2D eigenvalue weighted by Gasteiger charge is -2.23. The summed E-state index contributed by atoms with van der Waals surface area (Å²) >= 11 is 0. The highest BCUT2D eigenvalue weighted by Gasteiger charge is 2.43. The zero-order chi connectivity index (χ0) is 19.9. The van der Waals surface area contributed by atoms with Crippen molar-refractivity contribution in [2.24, 2.45) is 0 Å². The number of nitro groups is 1. The van der Waals surface area contributed by atoms with Crippen LogP contribution in [-0.4, -0.2) is 53.1 Å². The van der Waals surface area contributed by atoms with Crippen LogP contribution in [0.25, 0.3) is 0 Å². The molecule has 0 saturated carbocycles. The van der Waals surface area contributed by atoms with Gasteiger partial charge in [0.1, 0.15) is 24.6 Å². The summed E-state index contributed by atoms with van der Waals surface area (Å²) in [4.78, 5) is 40.1. The summed E-state index contributed by atoms with van der Waals surface area (Å²) in [7, 11) is 0. The Bertz CT molecular complexity index is 978. The predicted molar refractivity (Wildman–Crippen MR) is 90.3 cm³/mol. The van der Waals surface area contributed by atoms with Gasteiger partial charge in [0, 0.05) is 25.1 Å². The first-order valence-electron chi connectivity index (χ1n) is 8.19. The number of aryl methyl sites for hydroxylation is 2. The fourth-order valence-corrected chi connectivity index (χ4v) is 3.26. The Hall–Kier alpha value is -2.83. The van der Waals surface area contributed by atoms with Gasteiger partial charge in [0.2, 0.25) is 5.82 Å². The second kappa shape index (κ2) is 7.06. The lowest BCUT2D eigenvalue weighted by Crippen LogP contribution is -2.36. The summed E-state index contributed by atoms with van der Waals surface area (Å²) in [5.41, 5.74) is -0.893. The van der Waals surface area contributed by atoms with E-state index >= 15 is 0 Å². The van der Waals surface area contributed by atoms with Crippen LogP contribution in [0, 0.1) is 24.0 Å². The smallest absolute Gasteiger partial charge is 0.381 e. The molecule has 3 heterocycles. The van der Waals surface area contributed by atoms with Gasteiger partial charge in [0.15, 0.2) is 0 Å². The highest BCUT2D eigenvalue weighted by molar-refractivity contribution is 5.18. The van der Waals surface area contributed by atoms with E-state index in [0.717, 1.165) is 0 Å². The summed E-state index contributed by atoms with van der Waals surface area (Å²) in [5, 5.41) is 30.5. The number of nitrogens with zero attached hydrogens (tertiary/aromatic N) is 4. The van der Waals surface area contributed by atoms with Crippen molar-refractivity contribution >= 4 is 5.82 Å². The molecule has 1 aliphatic heterocycles. The first-order valence-corrected chi connectivity index (χ1v) is 8.19. The molecule has 1 fully saturated rings. The molecular formula is C15H19N5O7. The van der Waals surface area contributed by atoms with Gasteiger partial charge in [-0.25, -0.2) is 4.79 Å². The van der Waals surface area contributed by atoms with Crippen molar-refractivity contribution in [2.75, 3.05) is 6.61 Å². The SMILES string of the molecule is Cc1cn([C@@H]2C[C@@H](n3cc([N+](=O)[O-])nc3C)[C@@H]([C@H](O)CO)O2)c(=O)[nH]c1=O. The predicted octanol–water partition coefficient (Wildman–Crippen LogP) is -0.860. The van der Waals surface area contributed by atoms with Gasteiger partial charge in [-0.3, -0.25) is 14.3 Å². The first-order chi connectivity index (χ1) is 12.7. The van der Waals surface area contributed by atoms with Crippen molar-refractivity contribution in [3.8, 4) is 0 Å². The van der Waals surface area contributed by atoms with Crippen LogP contribution in [0.15, 0.2) is 22.0 Å². The second-order valence-corrected chi connectivity index (χ2v) is 6.40. The van der Waals surface area contributed by atoms with Crippen LogP contribution in [0.2, 0.25) is 0 Å². The lowest BCUT2D eigenvalue weighted by molar-refractivity contribution is -0.389. The average Bonchev–Trinajstić information content (AvgIpc) is 3.21. The molecule has 146 valence electrons. The summed E-state index contributed by atoms with van der Waals surface area (Å²) in [5.74, 6) is -0.0265. The standard InChI is InChI=1S/C15H19N5O7/c1-7-4-19(15(24)17-14(7)23)12-3-9(13(27-12)10(22)6-21)18-5-11(20(25)26)16-8(18)2/h4-5,9-10,12-13,21-22H,3,6H2,1-2H3,(H,17,23,24)/t9-,10-,12+,13+/m1/s1. The molecule has 0 unspecified atom stereocenters. The number of aliphatic hydroxyl groups is 2. The molecule has 0 amide bonds. The number of aliphatic hydroxyl groups excluding tert-OH is 2. The maximum Gasteiger partial charge on any atom is 0.381 e. The van der Waals surface area contributed by atoms with Crippen LogP contribution in [0.4, 0.5) is 5.82 Å². The van der Waals surface area contributed by atoms with Crippen LogP contribution in [0.5, 0.6) is 0 Å². The van der Waals surface area contributed by atoms with E-state index < -0.39 is 47.3 Å². The highest BCUT2D eigenvalue weighted by Crippen LogP contribution is 2.39. The highest BCUT2D eigenvalue weighted by atomic mass is 16.6.